The predicted octanol–water partition coefficient (Wildman–Crippen LogP) is 2.97. The van der Waals surface area contributed by atoms with Crippen molar-refractivity contribution in [2.75, 3.05) is 6.61 Å². The lowest BCUT2D eigenvalue weighted by atomic mass is 9.97. The number of benzene rings is 1. The molecule has 0 spiro atoms. The Kier molecular flexibility index (Phi) is 7.65. The highest BCUT2D eigenvalue weighted by atomic mass is 16.6. The molecule has 0 saturated heterocycles. The van der Waals surface area contributed by atoms with Gasteiger partial charge in [-0.2, -0.15) is 0 Å². The first-order chi connectivity index (χ1) is 11.2. The van der Waals surface area contributed by atoms with Crippen molar-refractivity contribution in [3.05, 3.63) is 42.0 Å². The minimum Gasteiger partial charge on any atom is -0.465 e. The Balaban J connectivity index is 2.62. The summed E-state index contributed by atoms with van der Waals surface area (Å²) in [6.45, 7) is 6.63. The molecule has 1 aromatic carbocycles. The van der Waals surface area contributed by atoms with E-state index in [9.17, 15) is 14.7 Å². The molecule has 0 heterocycles. The van der Waals surface area contributed by atoms with Crippen LogP contribution in [0.3, 0.4) is 0 Å². The molecule has 5 heteroatoms. The summed E-state index contributed by atoms with van der Waals surface area (Å²) in [5, 5.41) is 10.2. The summed E-state index contributed by atoms with van der Waals surface area (Å²) in [4.78, 5) is 22.9. The van der Waals surface area contributed by atoms with E-state index in [1.54, 1.807) is 32.9 Å². The third-order valence-electron chi connectivity index (χ3n) is 3.22. The van der Waals surface area contributed by atoms with Crippen molar-refractivity contribution in [3.63, 3.8) is 0 Å². The molecule has 0 unspecified atom stereocenters. The Morgan fingerprint density at radius 1 is 1.21 bits per heavy atom. The van der Waals surface area contributed by atoms with Gasteiger partial charge in [0.15, 0.2) is 0 Å². The van der Waals surface area contributed by atoms with Gasteiger partial charge in [0, 0.05) is 13.3 Å². The van der Waals surface area contributed by atoms with Crippen LogP contribution in [0.15, 0.2) is 36.4 Å². The maximum Gasteiger partial charge on any atom is 0.311 e. The van der Waals surface area contributed by atoms with Crippen molar-refractivity contribution in [2.24, 2.45) is 5.41 Å². The van der Waals surface area contributed by atoms with Gasteiger partial charge in [-0.3, -0.25) is 9.59 Å². The van der Waals surface area contributed by atoms with Gasteiger partial charge in [-0.25, -0.2) is 0 Å². The van der Waals surface area contributed by atoms with Crippen molar-refractivity contribution < 1.29 is 24.2 Å². The van der Waals surface area contributed by atoms with Gasteiger partial charge in [0.2, 0.25) is 0 Å². The van der Waals surface area contributed by atoms with Gasteiger partial charge >= 0.3 is 11.9 Å². The van der Waals surface area contributed by atoms with Crippen molar-refractivity contribution in [1.82, 2.24) is 0 Å². The fourth-order valence-electron chi connectivity index (χ4n) is 1.86. The average Bonchev–Trinajstić information content (AvgIpc) is 2.50. The Morgan fingerprint density at radius 2 is 1.83 bits per heavy atom. The zero-order valence-corrected chi connectivity index (χ0v) is 14.7. The quantitative estimate of drug-likeness (QED) is 0.776. The van der Waals surface area contributed by atoms with E-state index in [4.69, 9.17) is 9.47 Å². The number of ether oxygens (including phenoxy) is 2. The van der Waals surface area contributed by atoms with Gasteiger partial charge < -0.3 is 14.6 Å². The van der Waals surface area contributed by atoms with Gasteiger partial charge in [0.1, 0.15) is 6.10 Å². The lowest BCUT2D eigenvalue weighted by molar-refractivity contribution is -0.156. The van der Waals surface area contributed by atoms with E-state index in [2.05, 4.69) is 0 Å². The highest BCUT2D eigenvalue weighted by molar-refractivity contribution is 5.75. The molecule has 1 rings (SSSR count). The monoisotopic (exact) mass is 334 g/mol. The van der Waals surface area contributed by atoms with Crippen LogP contribution in [0.25, 0.3) is 6.08 Å². The molecule has 24 heavy (non-hydrogen) atoms. The van der Waals surface area contributed by atoms with Crippen LogP contribution in [-0.2, 0) is 19.1 Å². The first-order valence-electron chi connectivity index (χ1n) is 7.96. The van der Waals surface area contributed by atoms with Gasteiger partial charge in [-0.15, -0.1) is 0 Å². The molecular formula is C19H26O5. The smallest absolute Gasteiger partial charge is 0.311 e. The van der Waals surface area contributed by atoms with Crippen LogP contribution < -0.4 is 0 Å². The van der Waals surface area contributed by atoms with Crippen LogP contribution in [0.5, 0.6) is 0 Å². The normalized spacial score (nSPS) is 14.2. The highest BCUT2D eigenvalue weighted by Crippen LogP contribution is 2.16. The summed E-state index contributed by atoms with van der Waals surface area (Å²) in [6.07, 6.45) is 1.84. The van der Waals surface area contributed by atoms with Crippen LogP contribution in [0.1, 0.15) is 39.7 Å². The molecule has 0 bridgehead atoms. The van der Waals surface area contributed by atoms with Gasteiger partial charge in [-0.05, 0) is 32.4 Å². The van der Waals surface area contributed by atoms with Crippen LogP contribution in [-0.4, -0.2) is 35.9 Å². The van der Waals surface area contributed by atoms with Crippen LogP contribution in [0.4, 0.5) is 0 Å². The Hall–Kier alpha value is -2.14. The number of hydrogen-bond acceptors (Lipinski definition) is 5. The molecular weight excluding hydrogens is 308 g/mol. The molecule has 0 amide bonds. The molecule has 1 N–H and O–H groups in total. The first-order valence-corrected chi connectivity index (χ1v) is 7.96. The van der Waals surface area contributed by atoms with Crippen LogP contribution in [0, 0.1) is 5.41 Å². The fourth-order valence-corrected chi connectivity index (χ4v) is 1.86. The maximum absolute atomic E-state index is 11.7. The minimum atomic E-state index is -0.957. The number of carbonyl (C=O) groups excluding carboxylic acids is 2. The summed E-state index contributed by atoms with van der Waals surface area (Å²) in [7, 11) is 0. The summed E-state index contributed by atoms with van der Waals surface area (Å²) >= 11 is 0. The van der Waals surface area contributed by atoms with E-state index in [0.29, 0.717) is 0 Å². The number of carbonyl (C=O) groups is 2. The fraction of sp³-hybridized carbons (Fsp3) is 0.474. The summed E-state index contributed by atoms with van der Waals surface area (Å²) < 4.78 is 10.3. The number of rotatable bonds is 7. The summed E-state index contributed by atoms with van der Waals surface area (Å²) in [5.41, 5.74) is 0.342. The van der Waals surface area contributed by atoms with Gasteiger partial charge in [0.25, 0.3) is 0 Å². The summed E-state index contributed by atoms with van der Waals surface area (Å²) in [5.74, 6) is -0.818. The largest absolute Gasteiger partial charge is 0.465 e. The Morgan fingerprint density at radius 3 is 2.38 bits per heavy atom. The first kappa shape index (κ1) is 19.9. The molecule has 0 saturated carbocycles. The van der Waals surface area contributed by atoms with E-state index < -0.39 is 23.6 Å². The zero-order valence-electron chi connectivity index (χ0n) is 14.7. The van der Waals surface area contributed by atoms with E-state index in [-0.39, 0.29) is 19.0 Å². The Labute approximate surface area is 143 Å². The molecule has 2 atom stereocenters. The second kappa shape index (κ2) is 9.23. The van der Waals surface area contributed by atoms with E-state index in [0.717, 1.165) is 5.56 Å². The molecule has 5 nitrogen and oxygen atoms in total. The lowest BCUT2D eigenvalue weighted by Gasteiger charge is -2.21. The van der Waals surface area contributed by atoms with Crippen molar-refractivity contribution in [3.8, 4) is 0 Å². The number of esters is 2. The molecule has 0 fully saturated rings. The van der Waals surface area contributed by atoms with Crippen molar-refractivity contribution >= 4 is 18.0 Å². The van der Waals surface area contributed by atoms with E-state index in [1.807, 2.05) is 30.3 Å². The molecule has 0 aliphatic heterocycles. The highest BCUT2D eigenvalue weighted by Gasteiger charge is 2.24. The third-order valence-corrected chi connectivity index (χ3v) is 3.22. The van der Waals surface area contributed by atoms with E-state index in [1.165, 1.54) is 6.92 Å². The SMILES string of the molecule is CC(=O)O[C@@H](/C=C/c1ccccc1)[C@@H](O)CCOC(=O)C(C)(C)C. The molecule has 1 aromatic rings. The standard InChI is InChI=1S/C19H26O5/c1-14(20)24-17(11-10-15-8-6-5-7-9-15)16(21)12-13-23-18(22)19(2,3)4/h5-11,16-17,21H,12-13H2,1-4H3/b11-10+/t16-,17-/m0/s1. The van der Waals surface area contributed by atoms with Gasteiger partial charge in [-0.1, -0.05) is 36.4 Å². The van der Waals surface area contributed by atoms with Crippen molar-refractivity contribution in [1.29, 1.82) is 0 Å². The molecule has 0 radical (unpaired) electrons. The van der Waals surface area contributed by atoms with E-state index >= 15 is 0 Å². The maximum atomic E-state index is 11.7. The second-order valence-electron chi connectivity index (χ2n) is 6.59. The number of aliphatic hydroxyl groups excluding tert-OH is 1. The van der Waals surface area contributed by atoms with Crippen molar-refractivity contribution in [2.45, 2.75) is 46.3 Å². The van der Waals surface area contributed by atoms with Crippen LogP contribution in [0.2, 0.25) is 0 Å². The zero-order chi connectivity index (χ0) is 18.2. The molecule has 0 aliphatic carbocycles. The molecule has 132 valence electrons. The lowest BCUT2D eigenvalue weighted by Crippen LogP contribution is -2.31. The second-order valence-corrected chi connectivity index (χ2v) is 6.59. The molecule has 0 aliphatic rings. The topological polar surface area (TPSA) is 72.8 Å². The third kappa shape index (κ3) is 7.42. The Bertz CT molecular complexity index is 557. The van der Waals surface area contributed by atoms with Gasteiger partial charge in [0.05, 0.1) is 18.1 Å². The summed E-state index contributed by atoms with van der Waals surface area (Å²) in [6, 6.07) is 9.49. The number of aliphatic hydroxyl groups is 1. The van der Waals surface area contributed by atoms with Crippen LogP contribution >= 0.6 is 0 Å². The number of hydrogen-bond donors (Lipinski definition) is 1. The molecule has 0 aromatic heterocycles. The minimum absolute atomic E-state index is 0.0637. The predicted molar refractivity (Wildman–Crippen MR) is 92.1 cm³/mol. The average molecular weight is 334 g/mol.